The predicted octanol–water partition coefficient (Wildman–Crippen LogP) is 4.78. The van der Waals surface area contributed by atoms with Crippen molar-refractivity contribution >= 4 is 11.6 Å². The molecular weight excluding hydrogens is 298 g/mol. The van der Waals surface area contributed by atoms with Gasteiger partial charge in [-0.15, -0.1) is 0 Å². The maximum atomic E-state index is 13.0. The Balaban J connectivity index is 2.12. The molecule has 0 fully saturated rings. The summed E-state index contributed by atoms with van der Waals surface area (Å²) in [5, 5.41) is 9.83. The molecule has 1 atom stereocenters. The van der Waals surface area contributed by atoms with Gasteiger partial charge >= 0.3 is 0 Å². The number of amides is 1. The van der Waals surface area contributed by atoms with Gasteiger partial charge < -0.3 is 5.11 Å². The van der Waals surface area contributed by atoms with E-state index >= 15 is 0 Å². The van der Waals surface area contributed by atoms with Crippen molar-refractivity contribution in [2.24, 2.45) is 0 Å². The number of aliphatic hydroxyl groups is 1. The van der Waals surface area contributed by atoms with Crippen LogP contribution in [0.1, 0.15) is 29.7 Å². The number of nitrogens with zero attached hydrogens (tertiary/aromatic N) is 1. The molecule has 122 valence electrons. The third kappa shape index (κ3) is 2.98. The average Bonchev–Trinajstić information content (AvgIpc) is 2.56. The van der Waals surface area contributed by atoms with Gasteiger partial charge in [-0.2, -0.15) is 0 Å². The summed E-state index contributed by atoms with van der Waals surface area (Å²) in [6.45, 7) is 5.60. The van der Waals surface area contributed by atoms with Crippen molar-refractivity contribution in [3.63, 3.8) is 0 Å². The molecule has 1 aliphatic rings. The number of benzene rings is 2. The van der Waals surface area contributed by atoms with E-state index in [2.05, 4.69) is 0 Å². The smallest absolute Gasteiger partial charge is 0.262 e. The molecule has 0 aromatic heterocycles. The van der Waals surface area contributed by atoms with Crippen LogP contribution in [0, 0.1) is 13.8 Å². The second-order valence-corrected chi connectivity index (χ2v) is 6.22. The molecule has 0 radical (unpaired) electrons. The fourth-order valence-corrected chi connectivity index (χ4v) is 2.88. The molecule has 1 aliphatic heterocycles. The lowest BCUT2D eigenvalue weighted by Crippen LogP contribution is -2.37. The molecule has 2 aromatic rings. The Morgan fingerprint density at radius 1 is 0.958 bits per heavy atom. The summed E-state index contributed by atoms with van der Waals surface area (Å²) in [7, 11) is 0. The predicted molar refractivity (Wildman–Crippen MR) is 97.1 cm³/mol. The van der Waals surface area contributed by atoms with Gasteiger partial charge in [0.1, 0.15) is 5.76 Å². The van der Waals surface area contributed by atoms with Crippen molar-refractivity contribution in [2.45, 2.75) is 26.8 Å². The second-order valence-electron chi connectivity index (χ2n) is 6.22. The monoisotopic (exact) mass is 319 g/mol. The molecule has 1 heterocycles. The van der Waals surface area contributed by atoms with Crippen LogP contribution in [0.3, 0.4) is 0 Å². The minimum absolute atomic E-state index is 0.0377. The van der Waals surface area contributed by atoms with Gasteiger partial charge in [-0.25, -0.2) is 0 Å². The lowest BCUT2D eigenvalue weighted by Gasteiger charge is -2.34. The van der Waals surface area contributed by atoms with Gasteiger partial charge in [-0.1, -0.05) is 53.6 Å². The molecule has 2 aromatic carbocycles. The Morgan fingerprint density at radius 2 is 1.50 bits per heavy atom. The topological polar surface area (TPSA) is 40.5 Å². The Bertz CT molecular complexity index is 810. The SMILES string of the molecule is C/C(O)=C1\C=CC(c2ccc(C)cc2)N(c2ccc(C)cc2)C1=O. The zero-order valence-electron chi connectivity index (χ0n) is 14.2. The van der Waals surface area contributed by atoms with Crippen molar-refractivity contribution < 1.29 is 9.90 Å². The summed E-state index contributed by atoms with van der Waals surface area (Å²) < 4.78 is 0. The van der Waals surface area contributed by atoms with E-state index in [1.54, 1.807) is 11.0 Å². The number of carbonyl (C=O) groups excluding carboxylic acids is 1. The summed E-state index contributed by atoms with van der Waals surface area (Å²) in [5.74, 6) is -0.150. The van der Waals surface area contributed by atoms with Gasteiger partial charge in [-0.05, 0) is 44.5 Å². The van der Waals surface area contributed by atoms with Crippen LogP contribution in [0.2, 0.25) is 0 Å². The molecule has 0 aliphatic carbocycles. The van der Waals surface area contributed by atoms with E-state index in [-0.39, 0.29) is 17.7 Å². The number of aliphatic hydroxyl groups excluding tert-OH is 1. The van der Waals surface area contributed by atoms with Gasteiger partial charge in [0.2, 0.25) is 0 Å². The third-order valence-electron chi connectivity index (χ3n) is 4.29. The first-order valence-corrected chi connectivity index (χ1v) is 8.02. The summed E-state index contributed by atoms with van der Waals surface area (Å²) in [6.07, 6.45) is 3.67. The molecule has 0 saturated carbocycles. The highest BCUT2D eigenvalue weighted by Crippen LogP contribution is 2.34. The summed E-state index contributed by atoms with van der Waals surface area (Å²) >= 11 is 0. The Hall–Kier alpha value is -2.81. The van der Waals surface area contributed by atoms with Gasteiger partial charge in [0.05, 0.1) is 11.6 Å². The van der Waals surface area contributed by atoms with E-state index in [1.807, 2.05) is 68.5 Å². The van der Waals surface area contributed by atoms with Crippen LogP contribution in [-0.4, -0.2) is 11.0 Å². The van der Waals surface area contributed by atoms with E-state index in [4.69, 9.17) is 0 Å². The third-order valence-corrected chi connectivity index (χ3v) is 4.29. The van der Waals surface area contributed by atoms with Gasteiger partial charge in [0.25, 0.3) is 5.91 Å². The van der Waals surface area contributed by atoms with Crippen LogP contribution < -0.4 is 4.90 Å². The number of anilines is 1. The first-order valence-electron chi connectivity index (χ1n) is 8.02. The van der Waals surface area contributed by atoms with Crippen molar-refractivity contribution in [1.82, 2.24) is 0 Å². The van der Waals surface area contributed by atoms with Gasteiger partial charge in [0, 0.05) is 5.69 Å². The van der Waals surface area contributed by atoms with Crippen LogP contribution in [-0.2, 0) is 4.79 Å². The maximum Gasteiger partial charge on any atom is 0.262 e. The van der Waals surface area contributed by atoms with Crippen molar-refractivity contribution in [1.29, 1.82) is 0 Å². The first kappa shape index (κ1) is 16.1. The highest BCUT2D eigenvalue weighted by molar-refractivity contribution is 6.09. The molecule has 0 bridgehead atoms. The molecular formula is C21H21NO2. The summed E-state index contributed by atoms with van der Waals surface area (Å²) in [5.41, 5.74) is 4.51. The fraction of sp³-hybridized carbons (Fsp3) is 0.190. The van der Waals surface area contributed by atoms with E-state index < -0.39 is 0 Å². The number of allylic oxidation sites excluding steroid dienone is 1. The molecule has 1 amide bonds. The number of hydrogen-bond donors (Lipinski definition) is 1. The molecule has 3 nitrogen and oxygen atoms in total. The van der Waals surface area contributed by atoms with E-state index in [0.717, 1.165) is 16.8 Å². The van der Waals surface area contributed by atoms with Gasteiger partial charge in [0.15, 0.2) is 0 Å². The van der Waals surface area contributed by atoms with Crippen molar-refractivity contribution in [3.8, 4) is 0 Å². The van der Waals surface area contributed by atoms with Crippen LogP contribution in [0.15, 0.2) is 72.0 Å². The molecule has 3 heteroatoms. The van der Waals surface area contributed by atoms with Crippen LogP contribution in [0.4, 0.5) is 5.69 Å². The molecule has 0 saturated heterocycles. The second kappa shape index (κ2) is 6.36. The molecule has 1 N–H and O–H groups in total. The lowest BCUT2D eigenvalue weighted by molar-refractivity contribution is -0.115. The molecule has 24 heavy (non-hydrogen) atoms. The zero-order valence-corrected chi connectivity index (χ0v) is 14.2. The largest absolute Gasteiger partial charge is 0.512 e. The normalized spacial score (nSPS) is 19.5. The maximum absolute atomic E-state index is 13.0. The Kier molecular flexibility index (Phi) is 4.26. The van der Waals surface area contributed by atoms with Crippen LogP contribution >= 0.6 is 0 Å². The number of carbonyl (C=O) groups is 1. The quantitative estimate of drug-likeness (QED) is 0.639. The minimum Gasteiger partial charge on any atom is -0.512 e. The van der Waals surface area contributed by atoms with E-state index in [1.165, 1.54) is 12.5 Å². The van der Waals surface area contributed by atoms with Crippen LogP contribution in [0.25, 0.3) is 0 Å². The Labute approximate surface area is 142 Å². The summed E-state index contributed by atoms with van der Waals surface area (Å²) in [6, 6.07) is 15.8. The molecule has 1 unspecified atom stereocenters. The number of hydrogen-bond acceptors (Lipinski definition) is 2. The number of aryl methyl sites for hydroxylation is 2. The fourth-order valence-electron chi connectivity index (χ4n) is 2.88. The van der Waals surface area contributed by atoms with E-state index in [9.17, 15) is 9.90 Å². The highest BCUT2D eigenvalue weighted by atomic mass is 16.3. The average molecular weight is 319 g/mol. The standard InChI is InChI=1S/C21H21NO2/c1-14-4-8-17(9-5-14)20-13-12-19(16(3)23)21(24)22(20)18-10-6-15(2)7-11-18/h4-13,20,23H,1-3H3/b19-16-. The van der Waals surface area contributed by atoms with Crippen LogP contribution in [0.5, 0.6) is 0 Å². The molecule has 3 rings (SSSR count). The van der Waals surface area contributed by atoms with Crippen molar-refractivity contribution in [3.05, 3.63) is 88.7 Å². The van der Waals surface area contributed by atoms with E-state index in [0.29, 0.717) is 5.57 Å². The minimum atomic E-state index is -0.191. The molecule has 0 spiro atoms. The van der Waals surface area contributed by atoms with Gasteiger partial charge in [-0.3, -0.25) is 9.69 Å². The summed E-state index contributed by atoms with van der Waals surface area (Å²) in [4.78, 5) is 14.7. The first-order chi connectivity index (χ1) is 11.5. The Morgan fingerprint density at radius 3 is 2.04 bits per heavy atom. The van der Waals surface area contributed by atoms with Crippen molar-refractivity contribution in [2.75, 3.05) is 4.90 Å². The lowest BCUT2D eigenvalue weighted by atomic mass is 9.96. The number of rotatable bonds is 2. The zero-order chi connectivity index (χ0) is 17.3. The highest BCUT2D eigenvalue weighted by Gasteiger charge is 2.31.